The summed E-state index contributed by atoms with van der Waals surface area (Å²) in [6.45, 7) is 8.06. The van der Waals surface area contributed by atoms with Crippen LogP contribution < -0.4 is 11.3 Å². The standard InChI is InChI=1S/C13H16N4O5.C13H16N4O4/c1-3-7-16-8-11(14-5(2)15-12(8)21)17(7)13-10(20)9(19)6(4-18)22-13;1-2-8-16-9-6(14)3-4-15-12(9)17(8)13-11(20)10(19)7(5-18)21-13/h3,6,9-10,13,18-20H,1,4H2,2H3,(H,14,15,21);2-4,7,10-11,13,18-20H,1,5H2,(H2,14,15)/t6-,9+,10?,13-;7-,10+,11?,13-/m11/s1. The predicted molar refractivity (Wildman–Crippen MR) is 151 cm³/mol. The number of nitrogens with one attached hydrogen (secondary N) is 1. The molecule has 2 saturated heterocycles. The smallest absolute Gasteiger partial charge is 0.279 e. The normalized spacial score (nSPS) is 28.7. The summed E-state index contributed by atoms with van der Waals surface area (Å²) in [5.74, 6) is 1.06. The first-order valence-electron chi connectivity index (χ1n) is 13.2. The highest BCUT2D eigenvalue weighted by atomic mass is 16.6. The molecule has 2 unspecified atom stereocenters. The summed E-state index contributed by atoms with van der Waals surface area (Å²) in [5, 5.41) is 58.4. The number of aliphatic hydroxyl groups excluding tert-OH is 6. The van der Waals surface area contributed by atoms with Crippen LogP contribution >= 0.6 is 0 Å². The van der Waals surface area contributed by atoms with Gasteiger partial charge in [0.25, 0.3) is 5.56 Å². The van der Waals surface area contributed by atoms with Gasteiger partial charge in [0.05, 0.1) is 18.9 Å². The highest BCUT2D eigenvalue weighted by Crippen LogP contribution is 2.34. The van der Waals surface area contributed by atoms with Crippen LogP contribution in [-0.4, -0.2) is 115 Å². The van der Waals surface area contributed by atoms with Crippen LogP contribution in [0.4, 0.5) is 5.69 Å². The third kappa shape index (κ3) is 5.11. The van der Waals surface area contributed by atoms with Crippen molar-refractivity contribution in [2.24, 2.45) is 0 Å². The summed E-state index contributed by atoms with van der Waals surface area (Å²) >= 11 is 0. The first-order chi connectivity index (χ1) is 20.6. The first kappa shape index (κ1) is 30.4. The number of aromatic amines is 1. The fourth-order valence-electron chi connectivity index (χ4n) is 5.11. The second-order valence-corrected chi connectivity index (χ2v) is 9.94. The maximum atomic E-state index is 12.0. The zero-order chi connectivity index (χ0) is 31.2. The lowest BCUT2D eigenvalue weighted by Gasteiger charge is -2.18. The van der Waals surface area contributed by atoms with Crippen molar-refractivity contribution in [2.45, 2.75) is 56.0 Å². The van der Waals surface area contributed by atoms with Crippen LogP contribution in [0.5, 0.6) is 0 Å². The number of ether oxygens (including phenoxy) is 2. The molecule has 0 aromatic carbocycles. The predicted octanol–water partition coefficient (Wildman–Crippen LogP) is -2.05. The minimum absolute atomic E-state index is 0.0817. The summed E-state index contributed by atoms with van der Waals surface area (Å²) in [5.41, 5.74) is 7.06. The molecule has 43 heavy (non-hydrogen) atoms. The van der Waals surface area contributed by atoms with Gasteiger partial charge in [-0.1, -0.05) is 13.2 Å². The molecule has 9 N–H and O–H groups in total. The minimum Gasteiger partial charge on any atom is -0.397 e. The van der Waals surface area contributed by atoms with Gasteiger partial charge in [-0.15, -0.1) is 0 Å². The average molecular weight is 601 g/mol. The Morgan fingerprint density at radius 1 is 0.884 bits per heavy atom. The molecular weight excluding hydrogens is 568 g/mol. The van der Waals surface area contributed by atoms with Crippen molar-refractivity contribution >= 4 is 40.2 Å². The first-order valence-corrected chi connectivity index (χ1v) is 13.2. The maximum absolute atomic E-state index is 12.0. The van der Waals surface area contributed by atoms with Crippen molar-refractivity contribution < 1.29 is 40.1 Å². The molecule has 230 valence electrons. The molecule has 0 aliphatic carbocycles. The van der Waals surface area contributed by atoms with E-state index in [1.54, 1.807) is 13.0 Å². The van der Waals surface area contributed by atoms with E-state index in [0.717, 1.165) is 0 Å². The van der Waals surface area contributed by atoms with Gasteiger partial charge in [0.2, 0.25) is 0 Å². The molecule has 4 aromatic rings. The van der Waals surface area contributed by atoms with E-state index in [9.17, 15) is 35.4 Å². The maximum Gasteiger partial charge on any atom is 0.279 e. The van der Waals surface area contributed by atoms with Gasteiger partial charge in [-0.3, -0.25) is 13.9 Å². The molecule has 17 heteroatoms. The number of nitrogens with two attached hydrogens (primary N) is 1. The van der Waals surface area contributed by atoms with Crippen molar-refractivity contribution in [1.82, 2.24) is 34.1 Å². The number of imidazole rings is 2. The van der Waals surface area contributed by atoms with E-state index < -0.39 is 67.9 Å². The van der Waals surface area contributed by atoms with E-state index in [1.807, 2.05) is 0 Å². The Morgan fingerprint density at radius 3 is 1.88 bits per heavy atom. The molecule has 2 aliphatic heterocycles. The van der Waals surface area contributed by atoms with Crippen LogP contribution in [-0.2, 0) is 9.47 Å². The van der Waals surface area contributed by atoms with Crippen molar-refractivity contribution in [3.8, 4) is 0 Å². The Labute approximate surface area is 242 Å². The number of anilines is 1. The largest absolute Gasteiger partial charge is 0.397 e. The van der Waals surface area contributed by atoms with Crippen LogP contribution in [0, 0.1) is 6.92 Å². The number of aromatic nitrogens is 7. The molecule has 0 bridgehead atoms. The van der Waals surface area contributed by atoms with Gasteiger partial charge in [0, 0.05) is 6.20 Å². The Morgan fingerprint density at radius 2 is 1.40 bits per heavy atom. The molecule has 6 rings (SSSR count). The summed E-state index contributed by atoms with van der Waals surface area (Å²) < 4.78 is 13.9. The third-order valence-electron chi connectivity index (χ3n) is 7.24. The van der Waals surface area contributed by atoms with Crippen molar-refractivity contribution in [3.05, 3.63) is 53.2 Å². The summed E-state index contributed by atoms with van der Waals surface area (Å²) in [6, 6.07) is 1.61. The molecule has 0 saturated carbocycles. The van der Waals surface area contributed by atoms with Crippen molar-refractivity contribution in [1.29, 1.82) is 0 Å². The number of hydrogen-bond acceptors (Lipinski definition) is 14. The molecule has 2 fully saturated rings. The number of H-pyrrole nitrogens is 1. The number of aryl methyl sites for hydroxylation is 1. The number of pyridine rings is 1. The Kier molecular flexibility index (Phi) is 8.41. The highest BCUT2D eigenvalue weighted by molar-refractivity contribution is 5.85. The van der Waals surface area contributed by atoms with E-state index in [2.05, 4.69) is 38.1 Å². The van der Waals surface area contributed by atoms with Crippen LogP contribution in [0.15, 0.2) is 30.2 Å². The van der Waals surface area contributed by atoms with E-state index >= 15 is 0 Å². The average Bonchev–Trinajstić information content (AvgIpc) is 3.71. The van der Waals surface area contributed by atoms with Gasteiger partial charge in [-0.2, -0.15) is 0 Å². The third-order valence-corrected chi connectivity index (χ3v) is 7.24. The quantitative estimate of drug-likeness (QED) is 0.118. The molecular formula is C26H32N8O9. The number of nitrogens with zero attached hydrogens (tertiary/aromatic N) is 6. The fourth-order valence-corrected chi connectivity index (χ4v) is 5.11. The van der Waals surface area contributed by atoms with Gasteiger partial charge < -0.3 is 50.8 Å². The highest BCUT2D eigenvalue weighted by Gasteiger charge is 2.46. The van der Waals surface area contributed by atoms with Gasteiger partial charge >= 0.3 is 0 Å². The molecule has 4 aromatic heterocycles. The monoisotopic (exact) mass is 600 g/mol. The second-order valence-electron chi connectivity index (χ2n) is 9.94. The van der Waals surface area contributed by atoms with Crippen LogP contribution in [0.25, 0.3) is 34.5 Å². The van der Waals surface area contributed by atoms with Gasteiger partial charge in [-0.25, -0.2) is 19.9 Å². The lowest BCUT2D eigenvalue weighted by molar-refractivity contribution is -0.0513. The molecule has 2 aliphatic rings. The van der Waals surface area contributed by atoms with E-state index in [4.69, 9.17) is 15.2 Å². The molecule has 0 amide bonds. The number of hydrogen-bond donors (Lipinski definition) is 8. The fraction of sp³-hybridized carbons (Fsp3) is 0.423. The van der Waals surface area contributed by atoms with E-state index in [0.29, 0.717) is 28.5 Å². The van der Waals surface area contributed by atoms with Gasteiger partial charge in [0.15, 0.2) is 29.3 Å². The number of aliphatic hydroxyl groups is 6. The summed E-state index contributed by atoms with van der Waals surface area (Å²) in [7, 11) is 0. The molecule has 17 nitrogen and oxygen atoms in total. The minimum atomic E-state index is -1.30. The SMILES string of the molecule is C=Cc1nc2c(=O)[nH]c(C)nc2n1[C@@H]1O[C@H](CO)[C@H](O)C1O.C=Cc1nc2c(N)ccnc2n1[C@@H]1O[C@H](CO)[C@H](O)C1O. The van der Waals surface area contributed by atoms with Gasteiger partial charge in [-0.05, 0) is 25.1 Å². The molecule has 0 spiro atoms. The summed E-state index contributed by atoms with van der Waals surface area (Å²) in [4.78, 5) is 31.4. The molecule has 0 radical (unpaired) electrons. The number of fused-ring (bicyclic) bond motifs is 2. The number of rotatable bonds is 6. The van der Waals surface area contributed by atoms with E-state index in [-0.39, 0.29) is 17.0 Å². The lowest BCUT2D eigenvalue weighted by Crippen LogP contribution is -2.33. The zero-order valence-corrected chi connectivity index (χ0v) is 22.9. The Bertz CT molecular complexity index is 1720. The summed E-state index contributed by atoms with van der Waals surface area (Å²) in [6.07, 6.45) is -4.34. The van der Waals surface area contributed by atoms with Crippen molar-refractivity contribution in [3.63, 3.8) is 0 Å². The Balaban J connectivity index is 0.000000171. The lowest BCUT2D eigenvalue weighted by atomic mass is 10.1. The topological polar surface area (TPSA) is 260 Å². The van der Waals surface area contributed by atoms with Gasteiger partial charge in [0.1, 0.15) is 59.6 Å². The van der Waals surface area contributed by atoms with Crippen LogP contribution in [0.1, 0.15) is 29.9 Å². The zero-order valence-electron chi connectivity index (χ0n) is 22.9. The molecule has 8 atom stereocenters. The van der Waals surface area contributed by atoms with Crippen molar-refractivity contribution in [2.75, 3.05) is 18.9 Å². The van der Waals surface area contributed by atoms with Crippen LogP contribution in [0.2, 0.25) is 0 Å². The Hall–Kier alpha value is -4.07. The van der Waals surface area contributed by atoms with E-state index in [1.165, 1.54) is 27.5 Å². The number of nitrogen functional groups attached to an aromatic ring is 1. The van der Waals surface area contributed by atoms with Crippen LogP contribution in [0.3, 0.4) is 0 Å². The molecule has 6 heterocycles. The second kappa shape index (κ2) is 11.9.